The number of amides is 4. The summed E-state index contributed by atoms with van der Waals surface area (Å²) in [5, 5.41) is 5.25. The highest BCUT2D eigenvalue weighted by Gasteiger charge is 2.30. The third kappa shape index (κ3) is 3.46. The van der Waals surface area contributed by atoms with E-state index in [2.05, 4.69) is 10.6 Å². The first kappa shape index (κ1) is 17.3. The summed E-state index contributed by atoms with van der Waals surface area (Å²) in [6.07, 6.45) is 0.375. The molecule has 0 aliphatic carbocycles. The summed E-state index contributed by atoms with van der Waals surface area (Å²) in [6.45, 7) is 0. The first-order chi connectivity index (χ1) is 12.5. The van der Waals surface area contributed by atoms with Crippen molar-refractivity contribution in [2.45, 2.75) is 12.8 Å². The zero-order chi connectivity index (χ0) is 18.7. The van der Waals surface area contributed by atoms with Crippen molar-refractivity contribution in [1.29, 1.82) is 0 Å². The lowest BCUT2D eigenvalue weighted by molar-refractivity contribution is -0.121. The van der Waals surface area contributed by atoms with Crippen molar-refractivity contribution in [1.82, 2.24) is 5.32 Å². The second-order valence-corrected chi connectivity index (χ2v) is 5.78. The SMILES string of the molecule is CNC(=O)c1ccc(NC(=O)c2cccc(N3C(=O)CCC3=O)c2)cc1. The Morgan fingerprint density at radius 3 is 2.15 bits per heavy atom. The van der Waals surface area contributed by atoms with E-state index in [9.17, 15) is 19.2 Å². The molecule has 0 unspecified atom stereocenters. The van der Waals surface area contributed by atoms with Gasteiger partial charge in [-0.25, -0.2) is 0 Å². The maximum Gasteiger partial charge on any atom is 0.255 e. The first-order valence-corrected chi connectivity index (χ1v) is 8.09. The Morgan fingerprint density at radius 1 is 0.885 bits per heavy atom. The minimum Gasteiger partial charge on any atom is -0.355 e. The van der Waals surface area contributed by atoms with E-state index < -0.39 is 0 Å². The molecule has 0 bridgehead atoms. The minimum absolute atomic E-state index is 0.187. The van der Waals surface area contributed by atoms with Gasteiger partial charge in [-0.05, 0) is 42.5 Å². The summed E-state index contributed by atoms with van der Waals surface area (Å²) in [7, 11) is 1.54. The van der Waals surface area contributed by atoms with Gasteiger partial charge in [-0.2, -0.15) is 0 Å². The van der Waals surface area contributed by atoms with Crippen LogP contribution in [0.4, 0.5) is 11.4 Å². The predicted octanol–water partition coefficient (Wildman–Crippen LogP) is 1.95. The lowest BCUT2D eigenvalue weighted by Gasteiger charge is -2.15. The molecule has 1 aliphatic heterocycles. The average molecular weight is 351 g/mol. The highest BCUT2D eigenvalue weighted by molar-refractivity contribution is 6.20. The fourth-order valence-corrected chi connectivity index (χ4v) is 2.70. The zero-order valence-corrected chi connectivity index (χ0v) is 14.1. The van der Waals surface area contributed by atoms with Crippen LogP contribution in [0, 0.1) is 0 Å². The molecule has 1 fully saturated rings. The van der Waals surface area contributed by atoms with Crippen molar-refractivity contribution < 1.29 is 19.2 Å². The smallest absolute Gasteiger partial charge is 0.255 e. The maximum atomic E-state index is 12.4. The second-order valence-electron chi connectivity index (χ2n) is 5.78. The van der Waals surface area contributed by atoms with E-state index in [1.165, 1.54) is 6.07 Å². The lowest BCUT2D eigenvalue weighted by atomic mass is 10.1. The normalized spacial score (nSPS) is 13.7. The van der Waals surface area contributed by atoms with Crippen LogP contribution in [-0.4, -0.2) is 30.7 Å². The van der Waals surface area contributed by atoms with Crippen LogP contribution in [0.2, 0.25) is 0 Å². The van der Waals surface area contributed by atoms with Crippen molar-refractivity contribution in [3.63, 3.8) is 0 Å². The predicted molar refractivity (Wildman–Crippen MR) is 96.0 cm³/mol. The molecule has 26 heavy (non-hydrogen) atoms. The van der Waals surface area contributed by atoms with Gasteiger partial charge in [0.25, 0.3) is 11.8 Å². The zero-order valence-electron chi connectivity index (χ0n) is 14.1. The molecule has 132 valence electrons. The molecule has 2 aromatic rings. The number of hydrogen-bond acceptors (Lipinski definition) is 4. The quantitative estimate of drug-likeness (QED) is 0.823. The molecule has 1 heterocycles. The van der Waals surface area contributed by atoms with Crippen LogP contribution < -0.4 is 15.5 Å². The van der Waals surface area contributed by atoms with Gasteiger partial charge in [0.05, 0.1) is 5.69 Å². The van der Waals surface area contributed by atoms with Crippen LogP contribution in [0.15, 0.2) is 48.5 Å². The van der Waals surface area contributed by atoms with Gasteiger partial charge in [0.1, 0.15) is 0 Å². The highest BCUT2D eigenvalue weighted by atomic mass is 16.2. The van der Waals surface area contributed by atoms with E-state index in [4.69, 9.17) is 0 Å². The van der Waals surface area contributed by atoms with E-state index in [1.807, 2.05) is 0 Å². The summed E-state index contributed by atoms with van der Waals surface area (Å²) in [4.78, 5) is 48.8. The Labute approximate surface area is 150 Å². The van der Waals surface area contributed by atoms with Crippen LogP contribution in [-0.2, 0) is 9.59 Å². The summed E-state index contributed by atoms with van der Waals surface area (Å²) < 4.78 is 0. The Bertz CT molecular complexity index is 874. The Hall–Kier alpha value is -3.48. The monoisotopic (exact) mass is 351 g/mol. The highest BCUT2D eigenvalue weighted by Crippen LogP contribution is 2.23. The number of nitrogens with one attached hydrogen (secondary N) is 2. The number of carbonyl (C=O) groups excluding carboxylic acids is 4. The fourth-order valence-electron chi connectivity index (χ4n) is 2.70. The van der Waals surface area contributed by atoms with Crippen LogP contribution >= 0.6 is 0 Å². The molecule has 2 N–H and O–H groups in total. The molecule has 0 radical (unpaired) electrons. The number of carbonyl (C=O) groups is 4. The second kappa shape index (κ2) is 7.18. The molecule has 0 spiro atoms. The summed E-state index contributed by atoms with van der Waals surface area (Å²) in [6, 6.07) is 12.8. The number of rotatable bonds is 4. The molecule has 7 nitrogen and oxygen atoms in total. The van der Waals surface area contributed by atoms with Crippen LogP contribution in [0.25, 0.3) is 0 Å². The summed E-state index contributed by atoms with van der Waals surface area (Å²) in [5.41, 5.74) is 1.73. The standard InChI is InChI=1S/C19H17N3O4/c1-20-18(25)12-5-7-14(8-6-12)21-19(26)13-3-2-4-15(11-13)22-16(23)9-10-17(22)24/h2-8,11H,9-10H2,1H3,(H,20,25)(H,21,26). The number of hydrogen-bond donors (Lipinski definition) is 2. The molecule has 3 rings (SSSR count). The van der Waals surface area contributed by atoms with E-state index in [0.29, 0.717) is 22.5 Å². The Balaban J connectivity index is 1.76. The van der Waals surface area contributed by atoms with Gasteiger partial charge in [0, 0.05) is 36.7 Å². The third-order valence-electron chi connectivity index (χ3n) is 4.05. The largest absolute Gasteiger partial charge is 0.355 e. The number of imide groups is 1. The molecule has 0 aromatic heterocycles. The van der Waals surface area contributed by atoms with Crippen LogP contribution in [0.5, 0.6) is 0 Å². The van der Waals surface area contributed by atoms with E-state index in [1.54, 1.807) is 49.5 Å². The van der Waals surface area contributed by atoms with E-state index >= 15 is 0 Å². The van der Waals surface area contributed by atoms with Crippen molar-refractivity contribution in [3.05, 3.63) is 59.7 Å². The van der Waals surface area contributed by atoms with Crippen molar-refractivity contribution in [2.75, 3.05) is 17.3 Å². The molecule has 1 aliphatic rings. The van der Waals surface area contributed by atoms with Crippen LogP contribution in [0.1, 0.15) is 33.6 Å². The van der Waals surface area contributed by atoms with Crippen molar-refractivity contribution >= 4 is 35.0 Å². The fraction of sp³-hybridized carbons (Fsp3) is 0.158. The number of anilines is 2. The van der Waals surface area contributed by atoms with Gasteiger partial charge in [-0.15, -0.1) is 0 Å². The van der Waals surface area contributed by atoms with Crippen molar-refractivity contribution in [3.8, 4) is 0 Å². The molecule has 1 saturated heterocycles. The van der Waals surface area contributed by atoms with Gasteiger partial charge >= 0.3 is 0 Å². The van der Waals surface area contributed by atoms with Gasteiger partial charge in [-0.3, -0.25) is 24.1 Å². The molecule has 2 aromatic carbocycles. The number of nitrogens with zero attached hydrogens (tertiary/aromatic N) is 1. The lowest BCUT2D eigenvalue weighted by Crippen LogP contribution is -2.28. The molecular weight excluding hydrogens is 334 g/mol. The molecule has 0 saturated carbocycles. The topological polar surface area (TPSA) is 95.6 Å². The maximum absolute atomic E-state index is 12.4. The molecule has 4 amide bonds. The minimum atomic E-state index is -0.376. The van der Waals surface area contributed by atoms with Gasteiger partial charge in [-0.1, -0.05) is 6.07 Å². The average Bonchev–Trinajstić information content (AvgIpc) is 3.00. The Kier molecular flexibility index (Phi) is 4.79. The van der Waals surface area contributed by atoms with Crippen LogP contribution in [0.3, 0.4) is 0 Å². The molecule has 7 heteroatoms. The summed E-state index contributed by atoms with van der Waals surface area (Å²) >= 11 is 0. The van der Waals surface area contributed by atoms with E-state index in [0.717, 1.165) is 4.90 Å². The van der Waals surface area contributed by atoms with E-state index in [-0.39, 0.29) is 36.5 Å². The third-order valence-corrected chi connectivity index (χ3v) is 4.05. The molecular formula is C19H17N3O4. The first-order valence-electron chi connectivity index (χ1n) is 8.09. The summed E-state index contributed by atoms with van der Waals surface area (Å²) in [5.74, 6) is -1.12. The van der Waals surface area contributed by atoms with Crippen molar-refractivity contribution in [2.24, 2.45) is 0 Å². The molecule has 0 atom stereocenters. The van der Waals surface area contributed by atoms with Gasteiger partial charge in [0.2, 0.25) is 11.8 Å². The number of benzene rings is 2. The van der Waals surface area contributed by atoms with Gasteiger partial charge in [0.15, 0.2) is 0 Å². The Morgan fingerprint density at radius 2 is 1.54 bits per heavy atom. The van der Waals surface area contributed by atoms with Gasteiger partial charge < -0.3 is 10.6 Å².